The van der Waals surface area contributed by atoms with E-state index in [1.165, 1.54) is 52.3 Å². The van der Waals surface area contributed by atoms with Gasteiger partial charge in [-0.2, -0.15) is 4.83 Å². The molecule has 0 saturated carbocycles. The molecule has 1 N–H and O–H groups in total. The van der Waals surface area contributed by atoms with E-state index in [1.54, 1.807) is 4.70 Å². The second kappa shape index (κ2) is 7.34. The Hall–Kier alpha value is -1.56. The van der Waals surface area contributed by atoms with Crippen LogP contribution in [-0.4, -0.2) is 16.3 Å². The van der Waals surface area contributed by atoms with E-state index in [0.717, 1.165) is 6.54 Å². The third-order valence-electron chi connectivity index (χ3n) is 4.10. The minimum atomic E-state index is 1.03. The number of aryl methyl sites for hydroxylation is 1. The lowest BCUT2D eigenvalue weighted by Crippen LogP contribution is -2.28. The van der Waals surface area contributed by atoms with Crippen molar-refractivity contribution in [2.75, 3.05) is 12.1 Å². The Balaban J connectivity index is 2.23. The summed E-state index contributed by atoms with van der Waals surface area (Å²) in [6.07, 6.45) is 2.36. The summed E-state index contributed by atoms with van der Waals surface area (Å²) in [5.41, 5.74) is 3.75. The number of nitrogens with one attached hydrogen (secondary N) is 1. The largest absolute Gasteiger partial charge is 0.339 e. The van der Waals surface area contributed by atoms with Gasteiger partial charge in [-0.1, -0.05) is 55.9 Å². The summed E-state index contributed by atoms with van der Waals surface area (Å²) in [5.74, 6) is 0. The van der Waals surface area contributed by atoms with Gasteiger partial charge >= 0.3 is 0 Å². The second-order valence-corrected chi connectivity index (χ2v) is 6.75. The standard InChI is InChI=1S/C18H21N3S2/c1-3-4-12-21-16-10-6-5-8-14(16)15-9-7-11-17(18(15)21)20(2)19-23-13-22/h5-11,13,19H,3-4,12H2,1-2H3. The van der Waals surface area contributed by atoms with Crippen molar-refractivity contribution in [3.8, 4) is 0 Å². The molecule has 0 unspecified atom stereocenters. The predicted molar refractivity (Wildman–Crippen MR) is 107 cm³/mol. The van der Waals surface area contributed by atoms with Crippen molar-refractivity contribution in [2.45, 2.75) is 26.3 Å². The van der Waals surface area contributed by atoms with Gasteiger partial charge in [0, 0.05) is 29.9 Å². The van der Waals surface area contributed by atoms with Crippen molar-refractivity contribution in [3.05, 3.63) is 42.5 Å². The van der Waals surface area contributed by atoms with Gasteiger partial charge in [0.2, 0.25) is 0 Å². The van der Waals surface area contributed by atoms with Crippen molar-refractivity contribution in [2.24, 2.45) is 0 Å². The van der Waals surface area contributed by atoms with E-state index in [4.69, 9.17) is 12.2 Å². The number of benzene rings is 2. The molecule has 0 radical (unpaired) electrons. The first kappa shape index (κ1) is 16.3. The van der Waals surface area contributed by atoms with Crippen LogP contribution in [0.1, 0.15) is 19.8 Å². The van der Waals surface area contributed by atoms with Crippen LogP contribution in [0.25, 0.3) is 21.8 Å². The average molecular weight is 344 g/mol. The Kier molecular flexibility index (Phi) is 5.20. The number of unbranched alkanes of at least 4 members (excludes halogenated alkanes) is 1. The highest BCUT2D eigenvalue weighted by Gasteiger charge is 2.15. The highest BCUT2D eigenvalue weighted by atomic mass is 32.2. The van der Waals surface area contributed by atoms with Gasteiger partial charge in [0.15, 0.2) is 0 Å². The molecule has 1 heterocycles. The molecule has 0 aliphatic carbocycles. The van der Waals surface area contributed by atoms with Gasteiger partial charge in [-0.05, 0) is 30.5 Å². The maximum atomic E-state index is 4.90. The van der Waals surface area contributed by atoms with Gasteiger partial charge in [-0.3, -0.25) is 5.01 Å². The molecule has 0 amide bonds. The van der Waals surface area contributed by atoms with Gasteiger partial charge in [0.25, 0.3) is 0 Å². The normalized spacial score (nSPS) is 11.2. The molecule has 0 atom stereocenters. The monoisotopic (exact) mass is 343 g/mol. The van der Waals surface area contributed by atoms with Crippen LogP contribution in [0.2, 0.25) is 0 Å². The molecule has 2 aromatic carbocycles. The molecule has 0 fully saturated rings. The third-order valence-corrected chi connectivity index (χ3v) is 4.87. The molecular formula is C18H21N3S2. The van der Waals surface area contributed by atoms with Crippen LogP contribution in [0, 0.1) is 0 Å². The Morgan fingerprint density at radius 3 is 2.74 bits per heavy atom. The number of fused-ring (bicyclic) bond motifs is 3. The van der Waals surface area contributed by atoms with Gasteiger partial charge in [0.05, 0.1) is 15.9 Å². The maximum absolute atomic E-state index is 4.90. The van der Waals surface area contributed by atoms with Crippen LogP contribution >= 0.6 is 24.2 Å². The summed E-state index contributed by atoms with van der Waals surface area (Å²) in [5, 5.41) is 4.66. The Labute approximate surface area is 146 Å². The quantitative estimate of drug-likeness (QED) is 0.364. The van der Waals surface area contributed by atoms with Crippen molar-refractivity contribution >= 4 is 56.4 Å². The molecule has 0 aliphatic heterocycles. The summed E-state index contributed by atoms with van der Waals surface area (Å²) in [6, 6.07) is 15.1. The molecule has 0 bridgehead atoms. The molecule has 5 heteroatoms. The van der Waals surface area contributed by atoms with Crippen molar-refractivity contribution < 1.29 is 0 Å². The van der Waals surface area contributed by atoms with Crippen LogP contribution in [0.3, 0.4) is 0 Å². The van der Waals surface area contributed by atoms with E-state index in [1.807, 2.05) is 12.1 Å². The molecule has 3 rings (SSSR count). The zero-order valence-corrected chi connectivity index (χ0v) is 15.1. The highest BCUT2D eigenvalue weighted by molar-refractivity contribution is 8.19. The number of hydrogen-bond acceptors (Lipinski definition) is 4. The van der Waals surface area contributed by atoms with Crippen molar-refractivity contribution in [3.63, 3.8) is 0 Å². The molecule has 1 aromatic heterocycles. The molecule has 0 saturated heterocycles. The molecular weight excluding hydrogens is 322 g/mol. The number of thiocarbonyl (C=S) groups is 1. The number of nitrogens with zero attached hydrogens (tertiary/aromatic N) is 2. The zero-order valence-electron chi connectivity index (χ0n) is 13.5. The van der Waals surface area contributed by atoms with Crippen molar-refractivity contribution in [1.29, 1.82) is 0 Å². The Morgan fingerprint density at radius 1 is 1.17 bits per heavy atom. The van der Waals surface area contributed by atoms with Crippen LogP contribution in [0.4, 0.5) is 5.69 Å². The van der Waals surface area contributed by atoms with Gasteiger partial charge in [-0.15, -0.1) is 0 Å². The summed E-state index contributed by atoms with van der Waals surface area (Å²) >= 11 is 6.30. The molecule has 3 nitrogen and oxygen atoms in total. The Morgan fingerprint density at radius 2 is 1.96 bits per heavy atom. The van der Waals surface area contributed by atoms with E-state index in [0.29, 0.717) is 0 Å². The molecule has 0 spiro atoms. The van der Waals surface area contributed by atoms with Crippen LogP contribution < -0.4 is 9.84 Å². The lowest BCUT2D eigenvalue weighted by atomic mass is 10.1. The van der Waals surface area contributed by atoms with Gasteiger partial charge in [-0.25, -0.2) is 0 Å². The topological polar surface area (TPSA) is 20.2 Å². The summed E-state index contributed by atoms with van der Waals surface area (Å²) < 4.78 is 4.08. The molecule has 3 aromatic rings. The lowest BCUT2D eigenvalue weighted by molar-refractivity contribution is 0.664. The highest BCUT2D eigenvalue weighted by Crippen LogP contribution is 2.35. The number of hydrogen-bond donors (Lipinski definition) is 1. The molecule has 120 valence electrons. The number of anilines is 1. The first-order valence-electron chi connectivity index (χ1n) is 7.86. The minimum Gasteiger partial charge on any atom is -0.339 e. The zero-order chi connectivity index (χ0) is 16.2. The average Bonchev–Trinajstić information content (AvgIpc) is 2.92. The summed E-state index contributed by atoms with van der Waals surface area (Å²) in [4.78, 5) is 3.25. The fourth-order valence-electron chi connectivity index (χ4n) is 3.06. The first-order valence-corrected chi connectivity index (χ1v) is 9.21. The Bertz CT molecular complexity index is 826. The van der Waals surface area contributed by atoms with E-state index in [9.17, 15) is 0 Å². The van der Waals surface area contributed by atoms with Crippen LogP contribution in [-0.2, 0) is 6.54 Å². The van der Waals surface area contributed by atoms with Crippen LogP contribution in [0.5, 0.6) is 0 Å². The second-order valence-electron chi connectivity index (χ2n) is 5.56. The smallest absolute Gasteiger partial charge is 0.0769 e. The third kappa shape index (κ3) is 3.09. The van der Waals surface area contributed by atoms with Gasteiger partial charge < -0.3 is 4.57 Å². The van der Waals surface area contributed by atoms with E-state index in [2.05, 4.69) is 58.8 Å². The van der Waals surface area contributed by atoms with E-state index >= 15 is 0 Å². The van der Waals surface area contributed by atoms with Crippen molar-refractivity contribution in [1.82, 2.24) is 9.40 Å². The fraction of sp³-hybridized carbons (Fsp3) is 0.278. The number of para-hydroxylation sites is 2. The number of aromatic nitrogens is 1. The molecule has 0 aliphatic rings. The van der Waals surface area contributed by atoms with Crippen LogP contribution in [0.15, 0.2) is 42.5 Å². The first-order chi connectivity index (χ1) is 11.3. The van der Waals surface area contributed by atoms with Gasteiger partial charge in [0.1, 0.15) is 0 Å². The van der Waals surface area contributed by atoms with E-state index < -0.39 is 0 Å². The molecule has 23 heavy (non-hydrogen) atoms. The minimum absolute atomic E-state index is 1.03. The number of rotatable bonds is 7. The fourth-order valence-corrected chi connectivity index (χ4v) is 3.49. The SMILES string of the molecule is CCCCn1c2ccccc2c2cccc(N(C)NSC=S)c21. The summed E-state index contributed by atoms with van der Waals surface area (Å²) in [7, 11) is 2.03. The number of hydrazine groups is 1. The lowest BCUT2D eigenvalue weighted by Gasteiger charge is -2.21. The predicted octanol–water partition coefficient (Wildman–Crippen LogP) is 5.14. The summed E-state index contributed by atoms with van der Waals surface area (Å²) in [6.45, 7) is 3.27. The van der Waals surface area contributed by atoms with E-state index in [-0.39, 0.29) is 0 Å². The maximum Gasteiger partial charge on any atom is 0.0769 e.